The summed E-state index contributed by atoms with van der Waals surface area (Å²) in [5.74, 6) is -1.10. The highest BCUT2D eigenvalue weighted by atomic mass is 16.5. The van der Waals surface area contributed by atoms with Crippen LogP contribution in [0, 0.1) is 5.41 Å². The summed E-state index contributed by atoms with van der Waals surface area (Å²) in [5, 5.41) is 11.7. The molecule has 210 valence electrons. The fraction of sp³-hybridized carbons (Fsp3) is 0.406. The highest BCUT2D eigenvalue weighted by Gasteiger charge is 2.42. The number of fused-ring (bicyclic) bond motifs is 2. The predicted octanol–water partition coefficient (Wildman–Crippen LogP) is 5.18. The zero-order valence-corrected chi connectivity index (χ0v) is 23.4. The van der Waals surface area contributed by atoms with Crippen LogP contribution in [-0.2, 0) is 19.1 Å². The van der Waals surface area contributed by atoms with Crippen LogP contribution in [0.25, 0.3) is 10.8 Å². The van der Waals surface area contributed by atoms with E-state index in [9.17, 15) is 19.5 Å². The number of carboxylic acid groups (broad SMARTS) is 1. The van der Waals surface area contributed by atoms with Crippen LogP contribution in [0.3, 0.4) is 0 Å². The summed E-state index contributed by atoms with van der Waals surface area (Å²) in [6.07, 6.45) is -0.998. The van der Waals surface area contributed by atoms with Gasteiger partial charge in [-0.15, -0.1) is 0 Å². The first-order valence-electron chi connectivity index (χ1n) is 13.7. The van der Waals surface area contributed by atoms with E-state index in [0.717, 1.165) is 21.9 Å². The zero-order chi connectivity index (χ0) is 28.6. The van der Waals surface area contributed by atoms with E-state index in [1.165, 1.54) is 4.90 Å². The second-order valence-electron chi connectivity index (χ2n) is 11.8. The molecule has 2 aliphatic heterocycles. The summed E-state index contributed by atoms with van der Waals surface area (Å²) in [6.45, 7) is 6.92. The largest absolute Gasteiger partial charge is 0.497 e. The molecule has 0 saturated carbocycles. The lowest BCUT2D eigenvalue weighted by atomic mass is 9.92. The lowest BCUT2D eigenvalue weighted by Crippen LogP contribution is -2.47. The van der Waals surface area contributed by atoms with Crippen molar-refractivity contribution < 1.29 is 29.0 Å². The Morgan fingerprint density at radius 3 is 2.52 bits per heavy atom. The maximum atomic E-state index is 14.2. The van der Waals surface area contributed by atoms with Crippen molar-refractivity contribution in [2.45, 2.75) is 58.3 Å². The first kappa shape index (κ1) is 27.6. The van der Waals surface area contributed by atoms with Gasteiger partial charge in [0, 0.05) is 18.7 Å². The highest BCUT2D eigenvalue weighted by Crippen LogP contribution is 2.43. The minimum Gasteiger partial charge on any atom is -0.497 e. The number of hydrogen-bond donors (Lipinski definition) is 1. The van der Waals surface area contributed by atoms with Gasteiger partial charge >= 0.3 is 5.97 Å². The number of benzene rings is 3. The Kier molecular flexibility index (Phi) is 7.55. The van der Waals surface area contributed by atoms with Crippen molar-refractivity contribution in [1.82, 2.24) is 4.90 Å². The smallest absolute Gasteiger partial charge is 0.326 e. The number of carbonyl (C=O) groups is 3. The average molecular weight is 545 g/mol. The SMILES string of the molecule is COc1ccc2c(c1)C(c1cccc3ccccc13)OC(CC(=O)N1CCC[C@H]1C(=O)O)C(=O)N2CC(C)(C)C. The van der Waals surface area contributed by atoms with Crippen LogP contribution in [0.2, 0.25) is 0 Å². The molecular formula is C32H36N2O6. The number of carboxylic acids is 1. The summed E-state index contributed by atoms with van der Waals surface area (Å²) < 4.78 is 12.2. The number of nitrogens with zero attached hydrogens (tertiary/aromatic N) is 2. The summed E-state index contributed by atoms with van der Waals surface area (Å²) in [7, 11) is 1.60. The molecule has 1 fully saturated rings. The monoisotopic (exact) mass is 544 g/mol. The molecular weight excluding hydrogens is 508 g/mol. The van der Waals surface area contributed by atoms with E-state index in [-0.39, 0.29) is 23.7 Å². The molecule has 8 nitrogen and oxygen atoms in total. The molecule has 0 bridgehead atoms. The second-order valence-corrected chi connectivity index (χ2v) is 11.8. The number of anilines is 1. The van der Waals surface area contributed by atoms with E-state index in [4.69, 9.17) is 9.47 Å². The van der Waals surface area contributed by atoms with Crippen LogP contribution in [0.15, 0.2) is 60.7 Å². The van der Waals surface area contributed by atoms with Gasteiger partial charge < -0.3 is 24.4 Å². The molecule has 1 saturated heterocycles. The van der Waals surface area contributed by atoms with Crippen molar-refractivity contribution in [1.29, 1.82) is 0 Å². The van der Waals surface area contributed by atoms with E-state index in [1.54, 1.807) is 12.0 Å². The van der Waals surface area contributed by atoms with E-state index >= 15 is 0 Å². The predicted molar refractivity (Wildman–Crippen MR) is 152 cm³/mol. The normalized spacial score (nSPS) is 21.3. The van der Waals surface area contributed by atoms with Crippen molar-refractivity contribution in [2.24, 2.45) is 5.41 Å². The molecule has 3 atom stereocenters. The first-order valence-corrected chi connectivity index (χ1v) is 13.7. The van der Waals surface area contributed by atoms with E-state index in [2.05, 4.69) is 20.8 Å². The molecule has 40 heavy (non-hydrogen) atoms. The molecule has 0 radical (unpaired) electrons. The van der Waals surface area contributed by atoms with Crippen LogP contribution in [0.5, 0.6) is 5.75 Å². The van der Waals surface area contributed by atoms with Gasteiger partial charge in [0.15, 0.2) is 0 Å². The number of likely N-dealkylation sites (tertiary alicyclic amines) is 1. The molecule has 0 aliphatic carbocycles. The molecule has 8 heteroatoms. The average Bonchev–Trinajstić information content (AvgIpc) is 3.40. The van der Waals surface area contributed by atoms with E-state index in [1.807, 2.05) is 60.7 Å². The number of carbonyl (C=O) groups excluding carboxylic acids is 2. The van der Waals surface area contributed by atoms with Gasteiger partial charge in [0.1, 0.15) is 24.0 Å². The van der Waals surface area contributed by atoms with Crippen LogP contribution in [0.1, 0.15) is 57.3 Å². The van der Waals surface area contributed by atoms with Gasteiger partial charge in [0.2, 0.25) is 5.91 Å². The Morgan fingerprint density at radius 1 is 1.05 bits per heavy atom. The van der Waals surface area contributed by atoms with Gasteiger partial charge in [-0.3, -0.25) is 9.59 Å². The summed E-state index contributed by atoms with van der Waals surface area (Å²) >= 11 is 0. The quantitative estimate of drug-likeness (QED) is 0.459. The van der Waals surface area contributed by atoms with Crippen molar-refractivity contribution in [2.75, 3.05) is 25.1 Å². The number of hydrogen-bond acceptors (Lipinski definition) is 5. The minimum atomic E-state index is -1.10. The number of amides is 2. The molecule has 2 unspecified atom stereocenters. The van der Waals surface area contributed by atoms with Crippen molar-refractivity contribution >= 4 is 34.2 Å². The molecule has 0 aromatic heterocycles. The van der Waals surface area contributed by atoms with E-state index in [0.29, 0.717) is 37.4 Å². The number of ether oxygens (including phenoxy) is 2. The Bertz CT molecular complexity index is 1440. The number of methoxy groups -OCH3 is 1. The first-order chi connectivity index (χ1) is 19.1. The molecule has 5 rings (SSSR count). The Balaban J connectivity index is 1.64. The third kappa shape index (κ3) is 5.41. The van der Waals surface area contributed by atoms with Gasteiger partial charge in [-0.05, 0) is 52.8 Å². The van der Waals surface area contributed by atoms with Crippen molar-refractivity contribution in [3.63, 3.8) is 0 Å². The van der Waals surface area contributed by atoms with Gasteiger partial charge in [0.25, 0.3) is 5.91 Å². The molecule has 2 heterocycles. The summed E-state index contributed by atoms with van der Waals surface area (Å²) in [4.78, 5) is 42.6. The molecule has 1 N–H and O–H groups in total. The second kappa shape index (κ2) is 10.9. The van der Waals surface area contributed by atoms with Crippen LogP contribution < -0.4 is 9.64 Å². The fourth-order valence-electron chi connectivity index (χ4n) is 5.79. The molecule has 2 amide bonds. The lowest BCUT2D eigenvalue weighted by Gasteiger charge is -2.32. The number of aliphatic carboxylic acids is 1. The van der Waals surface area contributed by atoms with Crippen molar-refractivity contribution in [3.8, 4) is 5.75 Å². The Labute approximate surface area is 234 Å². The lowest BCUT2D eigenvalue weighted by molar-refractivity contribution is -0.151. The Morgan fingerprint density at radius 2 is 1.80 bits per heavy atom. The molecule has 0 spiro atoms. The highest BCUT2D eigenvalue weighted by molar-refractivity contribution is 6.01. The van der Waals surface area contributed by atoms with Crippen LogP contribution in [0.4, 0.5) is 5.69 Å². The van der Waals surface area contributed by atoms with Gasteiger partial charge in [-0.25, -0.2) is 4.79 Å². The molecule has 3 aromatic carbocycles. The summed E-state index contributed by atoms with van der Waals surface area (Å²) in [6, 6.07) is 18.7. The topological polar surface area (TPSA) is 96.4 Å². The molecule has 2 aliphatic rings. The maximum absolute atomic E-state index is 14.2. The maximum Gasteiger partial charge on any atom is 0.326 e. The molecule has 3 aromatic rings. The fourth-order valence-corrected chi connectivity index (χ4v) is 5.79. The van der Waals surface area contributed by atoms with Gasteiger partial charge in [-0.1, -0.05) is 63.2 Å². The number of rotatable bonds is 6. The van der Waals surface area contributed by atoms with Crippen LogP contribution in [-0.4, -0.2) is 60.1 Å². The van der Waals surface area contributed by atoms with Gasteiger partial charge in [0.05, 0.1) is 19.2 Å². The minimum absolute atomic E-state index is 0.240. The summed E-state index contributed by atoms with van der Waals surface area (Å²) in [5.41, 5.74) is 2.11. The van der Waals surface area contributed by atoms with Crippen LogP contribution >= 0.6 is 0 Å². The Hall–Kier alpha value is -3.91. The van der Waals surface area contributed by atoms with Crippen molar-refractivity contribution in [3.05, 3.63) is 71.8 Å². The van der Waals surface area contributed by atoms with Gasteiger partial charge in [-0.2, -0.15) is 0 Å². The zero-order valence-electron chi connectivity index (χ0n) is 23.4. The standard InChI is InChI=1S/C32H36N2O6/c1-32(2,3)19-34-25-15-14-21(39-4)17-24(25)29(23-12-7-10-20-9-5-6-11-22(20)23)40-27(30(34)36)18-28(35)33-16-8-13-26(33)31(37)38/h5-7,9-12,14-15,17,26-27,29H,8,13,16,18-19H2,1-4H3,(H,37,38)/t26-,27?,29?/m0/s1. The van der Waals surface area contributed by atoms with E-state index < -0.39 is 24.2 Å². The third-order valence-electron chi connectivity index (χ3n) is 7.61. The third-order valence-corrected chi connectivity index (χ3v) is 7.61.